The minimum Gasteiger partial charge on any atom is -0.478 e. The monoisotopic (exact) mass is 277 g/mol. The molecule has 0 saturated carbocycles. The van der Waals surface area contributed by atoms with Gasteiger partial charge < -0.3 is 9.84 Å². The highest BCUT2D eigenvalue weighted by atomic mass is 16.5. The molecule has 1 aliphatic heterocycles. The van der Waals surface area contributed by atoms with Crippen LogP contribution in [0.1, 0.15) is 38.0 Å². The van der Waals surface area contributed by atoms with Crippen LogP contribution in [0.15, 0.2) is 18.2 Å². The van der Waals surface area contributed by atoms with Crippen LogP contribution in [-0.2, 0) is 9.53 Å². The molecule has 0 radical (unpaired) electrons. The van der Waals surface area contributed by atoms with Gasteiger partial charge >= 0.3 is 11.9 Å². The van der Waals surface area contributed by atoms with Crippen LogP contribution in [0.25, 0.3) is 0 Å². The van der Waals surface area contributed by atoms with Gasteiger partial charge in [0.25, 0.3) is 11.8 Å². The van der Waals surface area contributed by atoms with Crippen LogP contribution in [0.5, 0.6) is 0 Å². The van der Waals surface area contributed by atoms with Crippen LogP contribution in [0.2, 0.25) is 0 Å². The lowest BCUT2D eigenvalue weighted by Gasteiger charge is -2.12. The van der Waals surface area contributed by atoms with Crippen molar-refractivity contribution in [1.29, 1.82) is 0 Å². The average Bonchev–Trinajstić information content (AvgIpc) is 2.63. The lowest BCUT2D eigenvalue weighted by Crippen LogP contribution is -2.33. The number of ether oxygens (including phenoxy) is 1. The molecule has 1 N–H and O–H groups in total. The summed E-state index contributed by atoms with van der Waals surface area (Å²) in [6.45, 7) is 1.07. The summed E-state index contributed by atoms with van der Waals surface area (Å²) in [6.07, 6.45) is 0. The Morgan fingerprint density at radius 1 is 1.20 bits per heavy atom. The largest absolute Gasteiger partial charge is 0.478 e. The summed E-state index contributed by atoms with van der Waals surface area (Å²) >= 11 is 0. The molecule has 0 aromatic heterocycles. The molecule has 20 heavy (non-hydrogen) atoms. The third kappa shape index (κ3) is 2.37. The molecule has 0 atom stereocenters. The maximum absolute atomic E-state index is 12.0. The van der Waals surface area contributed by atoms with Crippen LogP contribution in [-0.4, -0.2) is 46.9 Å². The van der Waals surface area contributed by atoms with E-state index < -0.39 is 23.8 Å². The first-order valence-corrected chi connectivity index (χ1v) is 5.78. The second-order valence-electron chi connectivity index (χ2n) is 4.17. The minimum atomic E-state index is -1.17. The molecule has 7 nitrogen and oxygen atoms in total. The molecule has 0 spiro atoms. The van der Waals surface area contributed by atoms with Gasteiger partial charge in [-0.15, -0.1) is 0 Å². The number of imide groups is 1. The number of benzene rings is 1. The van der Waals surface area contributed by atoms with Crippen LogP contribution < -0.4 is 0 Å². The first-order chi connectivity index (χ1) is 9.41. The quantitative estimate of drug-likeness (QED) is 0.637. The van der Waals surface area contributed by atoms with Crippen molar-refractivity contribution in [3.8, 4) is 0 Å². The van der Waals surface area contributed by atoms with Crippen molar-refractivity contribution in [3.05, 3.63) is 34.9 Å². The van der Waals surface area contributed by atoms with Crippen molar-refractivity contribution in [2.24, 2.45) is 0 Å². The number of rotatable bonds is 4. The Balaban J connectivity index is 2.21. The third-order valence-corrected chi connectivity index (χ3v) is 2.84. The van der Waals surface area contributed by atoms with Gasteiger partial charge in [0.05, 0.1) is 23.2 Å². The number of hydrogen-bond acceptors (Lipinski definition) is 5. The molecule has 0 aliphatic carbocycles. The number of carbonyl (C=O) groups excluding carboxylic acids is 3. The fraction of sp³-hybridized carbons (Fsp3) is 0.231. The predicted octanol–water partition coefficient (Wildman–Crippen LogP) is 0.544. The molecule has 0 saturated heterocycles. The molecular weight excluding hydrogens is 266 g/mol. The first kappa shape index (κ1) is 13.7. The van der Waals surface area contributed by atoms with E-state index in [0.717, 1.165) is 4.90 Å². The van der Waals surface area contributed by atoms with E-state index in [1.165, 1.54) is 25.1 Å². The van der Waals surface area contributed by atoms with E-state index in [2.05, 4.69) is 4.74 Å². The van der Waals surface area contributed by atoms with E-state index in [1.807, 2.05) is 0 Å². The number of aromatic carboxylic acids is 1. The second kappa shape index (κ2) is 5.12. The van der Waals surface area contributed by atoms with E-state index in [1.54, 1.807) is 0 Å². The summed E-state index contributed by atoms with van der Waals surface area (Å²) in [4.78, 5) is 46.4. The zero-order valence-electron chi connectivity index (χ0n) is 10.6. The summed E-state index contributed by atoms with van der Waals surface area (Å²) in [5.74, 6) is -2.78. The maximum atomic E-state index is 12.0. The summed E-state index contributed by atoms with van der Waals surface area (Å²) in [6, 6.07) is 3.75. The van der Waals surface area contributed by atoms with Gasteiger partial charge in [-0.2, -0.15) is 0 Å². The van der Waals surface area contributed by atoms with Crippen molar-refractivity contribution >= 4 is 23.8 Å². The Hall–Kier alpha value is -2.70. The number of carboxylic acid groups (broad SMARTS) is 1. The highest BCUT2D eigenvalue weighted by Crippen LogP contribution is 2.23. The highest BCUT2D eigenvalue weighted by molar-refractivity contribution is 6.21. The van der Waals surface area contributed by atoms with Crippen molar-refractivity contribution in [3.63, 3.8) is 0 Å². The molecule has 104 valence electrons. The van der Waals surface area contributed by atoms with Gasteiger partial charge in [0.1, 0.15) is 6.61 Å². The smallest absolute Gasteiger partial charge is 0.335 e. The Kier molecular flexibility index (Phi) is 3.51. The normalized spacial score (nSPS) is 13.3. The average molecular weight is 277 g/mol. The third-order valence-electron chi connectivity index (χ3n) is 2.84. The Morgan fingerprint density at radius 3 is 2.45 bits per heavy atom. The van der Waals surface area contributed by atoms with Crippen molar-refractivity contribution in [2.45, 2.75) is 6.92 Å². The molecule has 1 aromatic rings. The van der Waals surface area contributed by atoms with E-state index >= 15 is 0 Å². The molecule has 0 unspecified atom stereocenters. The van der Waals surface area contributed by atoms with Crippen LogP contribution in [0.3, 0.4) is 0 Å². The van der Waals surface area contributed by atoms with E-state index in [0.29, 0.717) is 0 Å². The summed E-state index contributed by atoms with van der Waals surface area (Å²) in [5.41, 5.74) is 0.146. The van der Waals surface area contributed by atoms with Crippen molar-refractivity contribution in [1.82, 2.24) is 4.90 Å². The molecule has 2 amide bonds. The maximum Gasteiger partial charge on any atom is 0.335 e. The van der Waals surface area contributed by atoms with Crippen molar-refractivity contribution in [2.75, 3.05) is 13.2 Å². The molecule has 1 aliphatic rings. The number of amides is 2. The van der Waals surface area contributed by atoms with E-state index in [-0.39, 0.29) is 29.8 Å². The number of esters is 1. The Labute approximate surface area is 113 Å². The fourth-order valence-electron chi connectivity index (χ4n) is 1.91. The SMILES string of the molecule is CC(=O)OCCN1C(=O)c2ccc(C(=O)O)cc2C1=O. The van der Waals surface area contributed by atoms with Gasteiger partial charge in [-0.3, -0.25) is 19.3 Å². The summed E-state index contributed by atoms with van der Waals surface area (Å²) < 4.78 is 4.68. The van der Waals surface area contributed by atoms with E-state index in [4.69, 9.17) is 5.11 Å². The van der Waals surface area contributed by atoms with Gasteiger partial charge in [0, 0.05) is 6.92 Å². The Bertz CT molecular complexity index is 621. The number of hydrogen-bond donors (Lipinski definition) is 1. The van der Waals surface area contributed by atoms with Gasteiger partial charge in [-0.1, -0.05) is 0 Å². The Morgan fingerprint density at radius 2 is 1.85 bits per heavy atom. The molecule has 1 heterocycles. The standard InChI is InChI=1S/C13H11NO6/c1-7(15)20-5-4-14-11(16)9-3-2-8(13(18)19)6-10(9)12(14)17/h2-3,6H,4-5H2,1H3,(H,18,19). The molecule has 2 rings (SSSR count). The number of carbonyl (C=O) groups is 4. The number of carboxylic acids is 1. The van der Waals surface area contributed by atoms with Gasteiger partial charge in [0.2, 0.25) is 0 Å². The minimum absolute atomic E-state index is 0.0534. The zero-order valence-corrected chi connectivity index (χ0v) is 10.6. The topological polar surface area (TPSA) is 101 Å². The van der Waals surface area contributed by atoms with Gasteiger partial charge in [-0.05, 0) is 18.2 Å². The molecule has 0 fully saturated rings. The van der Waals surface area contributed by atoms with Gasteiger partial charge in [-0.25, -0.2) is 4.79 Å². The number of fused-ring (bicyclic) bond motifs is 1. The lowest BCUT2D eigenvalue weighted by atomic mass is 10.1. The lowest BCUT2D eigenvalue weighted by molar-refractivity contribution is -0.141. The van der Waals surface area contributed by atoms with Crippen molar-refractivity contribution < 1.29 is 29.0 Å². The van der Waals surface area contributed by atoms with E-state index in [9.17, 15) is 19.2 Å². The number of nitrogens with zero attached hydrogens (tertiary/aromatic N) is 1. The molecule has 0 bridgehead atoms. The van der Waals surface area contributed by atoms with Crippen LogP contribution >= 0.6 is 0 Å². The molecule has 7 heteroatoms. The zero-order chi connectivity index (χ0) is 14.9. The summed E-state index contributed by atoms with van der Waals surface area (Å²) in [7, 11) is 0. The van der Waals surface area contributed by atoms with Crippen LogP contribution in [0, 0.1) is 0 Å². The molecule has 1 aromatic carbocycles. The second-order valence-corrected chi connectivity index (χ2v) is 4.17. The fourth-order valence-corrected chi connectivity index (χ4v) is 1.91. The highest BCUT2D eigenvalue weighted by Gasteiger charge is 2.35. The molecular formula is C13H11NO6. The first-order valence-electron chi connectivity index (χ1n) is 5.78. The van der Waals surface area contributed by atoms with Crippen LogP contribution in [0.4, 0.5) is 0 Å². The predicted molar refractivity (Wildman–Crippen MR) is 65.4 cm³/mol. The van der Waals surface area contributed by atoms with Gasteiger partial charge in [0.15, 0.2) is 0 Å². The summed E-state index contributed by atoms with van der Waals surface area (Å²) in [5, 5.41) is 8.87.